The van der Waals surface area contributed by atoms with Gasteiger partial charge < -0.3 is 28.4 Å². The highest BCUT2D eigenvalue weighted by molar-refractivity contribution is 5.81. The molecule has 3 aliphatic heterocycles. The Balaban J connectivity index is 1.15. The molecule has 3 heterocycles. The Morgan fingerprint density at radius 2 is 0.644 bits per heavy atom. The lowest BCUT2D eigenvalue weighted by molar-refractivity contribution is -0.106. The second-order valence-corrected chi connectivity index (χ2v) is 12.1. The molecule has 0 aliphatic carbocycles. The van der Waals surface area contributed by atoms with E-state index in [0.717, 1.165) is 128 Å². The van der Waals surface area contributed by atoms with E-state index in [1.54, 1.807) is 0 Å². The van der Waals surface area contributed by atoms with Crippen LogP contribution in [0.15, 0.2) is 91.0 Å². The second kappa shape index (κ2) is 14.5. The minimum absolute atomic E-state index is 0.159. The molecule has 0 bridgehead atoms. The first kappa shape index (κ1) is 29.8. The smallest absolute Gasteiger partial charge is 0.199 e. The van der Waals surface area contributed by atoms with Crippen molar-refractivity contribution in [2.75, 3.05) is 19.8 Å². The van der Waals surface area contributed by atoms with Crippen molar-refractivity contribution in [1.29, 1.82) is 0 Å². The van der Waals surface area contributed by atoms with Gasteiger partial charge in [0.05, 0.1) is 19.8 Å². The highest BCUT2D eigenvalue weighted by atomic mass is 16.7. The average Bonchev–Trinajstić information content (AvgIpc) is 3.10. The number of hydrogen-bond acceptors (Lipinski definition) is 6. The lowest BCUT2D eigenvalue weighted by atomic mass is 9.93. The summed E-state index contributed by atoms with van der Waals surface area (Å²) in [5.74, 6) is 2.49. The van der Waals surface area contributed by atoms with Gasteiger partial charge in [-0.1, -0.05) is 36.4 Å². The zero-order chi connectivity index (χ0) is 30.3. The van der Waals surface area contributed by atoms with Gasteiger partial charge >= 0.3 is 0 Å². The van der Waals surface area contributed by atoms with Gasteiger partial charge in [0.1, 0.15) is 17.2 Å². The van der Waals surface area contributed by atoms with Gasteiger partial charge in [-0.25, -0.2) is 0 Å². The average molecular weight is 607 g/mol. The quantitative estimate of drug-likeness (QED) is 0.189. The maximum Gasteiger partial charge on any atom is 0.199 e. The standard InChI is InChI=1S/C39H42O6/c1-4-22-40-37(7-1)43-34-16-10-28(11-17-34)31-25-32(29-12-18-35(19-13-29)44-38-8-2-5-23-41-38)27-33(26-31)30-14-20-36(21-15-30)45-39-9-3-6-24-42-39/h10-21,25-27,37-39H,1-9,22-24H2. The highest BCUT2D eigenvalue weighted by Crippen LogP contribution is 2.35. The van der Waals surface area contributed by atoms with Crippen molar-refractivity contribution < 1.29 is 28.4 Å². The van der Waals surface area contributed by atoms with Crippen LogP contribution in [0.25, 0.3) is 33.4 Å². The molecular formula is C39H42O6. The summed E-state index contributed by atoms with van der Waals surface area (Å²) in [5.41, 5.74) is 6.77. The Morgan fingerprint density at radius 3 is 0.889 bits per heavy atom. The van der Waals surface area contributed by atoms with Crippen LogP contribution < -0.4 is 14.2 Å². The Labute approximate surface area is 266 Å². The molecule has 3 unspecified atom stereocenters. The van der Waals surface area contributed by atoms with Gasteiger partial charge in [0.15, 0.2) is 18.9 Å². The van der Waals surface area contributed by atoms with E-state index in [2.05, 4.69) is 54.6 Å². The first-order chi connectivity index (χ1) is 22.2. The molecule has 3 atom stereocenters. The lowest BCUT2D eigenvalue weighted by Crippen LogP contribution is -2.24. The van der Waals surface area contributed by atoms with Crippen LogP contribution in [0.2, 0.25) is 0 Å². The summed E-state index contributed by atoms with van der Waals surface area (Å²) < 4.78 is 35.6. The third kappa shape index (κ3) is 7.88. The predicted molar refractivity (Wildman–Crippen MR) is 175 cm³/mol. The Hall–Kier alpha value is -3.84. The second-order valence-electron chi connectivity index (χ2n) is 12.1. The van der Waals surface area contributed by atoms with Crippen LogP contribution in [0, 0.1) is 0 Å². The number of benzene rings is 4. The van der Waals surface area contributed by atoms with Crippen LogP contribution >= 0.6 is 0 Å². The topological polar surface area (TPSA) is 55.4 Å². The monoisotopic (exact) mass is 606 g/mol. The summed E-state index contributed by atoms with van der Waals surface area (Å²) in [7, 11) is 0. The molecule has 4 aromatic rings. The van der Waals surface area contributed by atoms with Gasteiger partial charge in [-0.05, 0) is 127 Å². The first-order valence-electron chi connectivity index (χ1n) is 16.6. The van der Waals surface area contributed by atoms with Crippen molar-refractivity contribution in [2.24, 2.45) is 0 Å². The van der Waals surface area contributed by atoms with Crippen LogP contribution in [0.4, 0.5) is 0 Å². The van der Waals surface area contributed by atoms with E-state index >= 15 is 0 Å². The molecule has 6 heteroatoms. The highest BCUT2D eigenvalue weighted by Gasteiger charge is 2.18. The summed E-state index contributed by atoms with van der Waals surface area (Å²) in [4.78, 5) is 0. The Morgan fingerprint density at radius 1 is 0.356 bits per heavy atom. The summed E-state index contributed by atoms with van der Waals surface area (Å²) in [5, 5.41) is 0. The molecule has 0 saturated carbocycles. The van der Waals surface area contributed by atoms with Gasteiger partial charge in [-0.3, -0.25) is 0 Å². The van der Waals surface area contributed by atoms with Crippen LogP contribution in [0.5, 0.6) is 17.2 Å². The fraction of sp³-hybridized carbons (Fsp3) is 0.385. The van der Waals surface area contributed by atoms with Gasteiger partial charge in [-0.2, -0.15) is 0 Å². The SMILES string of the molecule is c1cc(-c2cc(-c3ccc(OC4CCCCO4)cc3)cc(-c3ccc(OC4CCCCO4)cc3)c2)ccc1OC1CCCCO1. The minimum atomic E-state index is -0.159. The molecule has 234 valence electrons. The molecule has 4 aromatic carbocycles. The molecule has 0 radical (unpaired) electrons. The van der Waals surface area contributed by atoms with E-state index in [9.17, 15) is 0 Å². The zero-order valence-electron chi connectivity index (χ0n) is 25.8. The molecule has 7 rings (SSSR count). The fourth-order valence-corrected chi connectivity index (χ4v) is 6.17. The van der Waals surface area contributed by atoms with E-state index < -0.39 is 0 Å². The minimum Gasteiger partial charge on any atom is -0.465 e. The normalized spacial score (nSPS) is 22.0. The molecule has 3 saturated heterocycles. The summed E-state index contributed by atoms with van der Waals surface area (Å²) in [6.07, 6.45) is 9.05. The third-order valence-corrected chi connectivity index (χ3v) is 8.71. The van der Waals surface area contributed by atoms with Crippen molar-refractivity contribution in [1.82, 2.24) is 0 Å². The predicted octanol–water partition coefficient (Wildman–Crippen LogP) is 9.40. The molecule has 0 amide bonds. The maximum atomic E-state index is 6.10. The fourth-order valence-electron chi connectivity index (χ4n) is 6.17. The van der Waals surface area contributed by atoms with E-state index in [4.69, 9.17) is 28.4 Å². The van der Waals surface area contributed by atoms with Gasteiger partial charge in [-0.15, -0.1) is 0 Å². The number of rotatable bonds is 9. The molecule has 0 spiro atoms. The number of hydrogen-bond donors (Lipinski definition) is 0. The molecule has 3 fully saturated rings. The van der Waals surface area contributed by atoms with E-state index in [-0.39, 0.29) is 18.9 Å². The maximum absolute atomic E-state index is 6.10. The van der Waals surface area contributed by atoms with Crippen LogP contribution in [-0.2, 0) is 14.2 Å². The molecule has 45 heavy (non-hydrogen) atoms. The van der Waals surface area contributed by atoms with Gasteiger partial charge in [0.25, 0.3) is 0 Å². The van der Waals surface area contributed by atoms with Crippen LogP contribution in [-0.4, -0.2) is 38.7 Å². The van der Waals surface area contributed by atoms with Crippen LogP contribution in [0.1, 0.15) is 57.8 Å². The van der Waals surface area contributed by atoms with Gasteiger partial charge in [0.2, 0.25) is 0 Å². The van der Waals surface area contributed by atoms with Crippen LogP contribution in [0.3, 0.4) is 0 Å². The summed E-state index contributed by atoms with van der Waals surface area (Å²) in [6.45, 7) is 2.30. The van der Waals surface area contributed by atoms with E-state index in [1.807, 2.05) is 36.4 Å². The van der Waals surface area contributed by atoms with Crippen molar-refractivity contribution in [2.45, 2.75) is 76.7 Å². The molecule has 0 N–H and O–H groups in total. The third-order valence-electron chi connectivity index (χ3n) is 8.71. The Kier molecular flexibility index (Phi) is 9.62. The molecule has 0 aromatic heterocycles. The van der Waals surface area contributed by atoms with Crippen molar-refractivity contribution in [3.05, 3.63) is 91.0 Å². The van der Waals surface area contributed by atoms with E-state index in [0.29, 0.717) is 0 Å². The Bertz CT molecular complexity index is 1300. The van der Waals surface area contributed by atoms with Crippen molar-refractivity contribution in [3.63, 3.8) is 0 Å². The van der Waals surface area contributed by atoms with Crippen molar-refractivity contribution in [3.8, 4) is 50.6 Å². The van der Waals surface area contributed by atoms with E-state index in [1.165, 1.54) is 0 Å². The first-order valence-corrected chi connectivity index (χ1v) is 16.6. The lowest BCUT2D eigenvalue weighted by Gasteiger charge is -2.23. The molecule has 3 aliphatic rings. The molecule has 6 nitrogen and oxygen atoms in total. The van der Waals surface area contributed by atoms with Gasteiger partial charge in [0, 0.05) is 19.3 Å². The number of ether oxygens (including phenoxy) is 6. The zero-order valence-corrected chi connectivity index (χ0v) is 25.8. The van der Waals surface area contributed by atoms with Crippen molar-refractivity contribution >= 4 is 0 Å². The summed E-state index contributed by atoms with van der Waals surface area (Å²) >= 11 is 0. The summed E-state index contributed by atoms with van der Waals surface area (Å²) in [6, 6.07) is 31.8. The molecular weight excluding hydrogens is 564 g/mol. The largest absolute Gasteiger partial charge is 0.465 e.